The van der Waals surface area contributed by atoms with Crippen molar-refractivity contribution in [2.75, 3.05) is 29.9 Å². The summed E-state index contributed by atoms with van der Waals surface area (Å²) in [5, 5.41) is 0.830. The molecule has 0 aliphatic carbocycles. The lowest BCUT2D eigenvalue weighted by Gasteiger charge is -2.41. The molecule has 0 spiro atoms. The zero-order chi connectivity index (χ0) is 19.6. The Morgan fingerprint density at radius 1 is 0.759 bits per heavy atom. The molecule has 1 fully saturated rings. The van der Waals surface area contributed by atoms with E-state index in [9.17, 15) is 0 Å². The Bertz CT molecular complexity index is 962. The van der Waals surface area contributed by atoms with Gasteiger partial charge in [-0.2, -0.15) is 0 Å². The standard InChI is InChI=1S/C23H21N3O2S/c29-23-25(19-7-3-1-4-8-19)15-24(16-26(23)20-9-5-2-6-10-20)14-18-11-12-21-22(13-18)28-17-27-21/h1-13H,14-17H2/p+1. The van der Waals surface area contributed by atoms with E-state index in [0.29, 0.717) is 6.79 Å². The van der Waals surface area contributed by atoms with Crippen molar-refractivity contribution >= 4 is 28.7 Å². The summed E-state index contributed by atoms with van der Waals surface area (Å²) in [5.41, 5.74) is 3.45. The van der Waals surface area contributed by atoms with Crippen LogP contribution in [0.15, 0.2) is 78.9 Å². The molecule has 0 saturated carbocycles. The molecule has 5 nitrogen and oxygen atoms in total. The van der Waals surface area contributed by atoms with Gasteiger partial charge in [0, 0.05) is 16.9 Å². The minimum atomic E-state index is 0.299. The average molecular weight is 405 g/mol. The van der Waals surface area contributed by atoms with Gasteiger partial charge in [-0.05, 0) is 54.7 Å². The molecule has 1 N–H and O–H groups in total. The molecule has 0 atom stereocenters. The van der Waals surface area contributed by atoms with E-state index in [4.69, 9.17) is 21.7 Å². The SMILES string of the molecule is S=C1N(c2ccccc2)C[NH+](Cc2ccc3c(c2)OCO3)CN1c1ccccc1. The number of para-hydroxylation sites is 2. The molecule has 3 aromatic carbocycles. The second-order valence-corrected chi connectivity index (χ2v) is 7.61. The number of hydrogen-bond donors (Lipinski definition) is 1. The van der Waals surface area contributed by atoms with Gasteiger partial charge in [0.25, 0.3) is 0 Å². The third-order valence-electron chi connectivity index (χ3n) is 5.25. The minimum Gasteiger partial charge on any atom is -0.454 e. The fourth-order valence-corrected chi connectivity index (χ4v) is 4.19. The van der Waals surface area contributed by atoms with Crippen molar-refractivity contribution in [3.63, 3.8) is 0 Å². The van der Waals surface area contributed by atoms with Gasteiger partial charge in [-0.1, -0.05) is 36.4 Å². The van der Waals surface area contributed by atoms with Gasteiger partial charge in [0.15, 0.2) is 29.9 Å². The van der Waals surface area contributed by atoms with Gasteiger partial charge in [0.2, 0.25) is 6.79 Å². The lowest BCUT2D eigenvalue weighted by molar-refractivity contribution is -0.913. The summed E-state index contributed by atoms with van der Waals surface area (Å²) in [7, 11) is 0. The Kier molecular flexibility index (Phi) is 4.79. The molecule has 6 heteroatoms. The summed E-state index contributed by atoms with van der Waals surface area (Å²) in [4.78, 5) is 5.83. The van der Waals surface area contributed by atoms with Gasteiger partial charge in [0.05, 0.1) is 0 Å². The van der Waals surface area contributed by atoms with Crippen LogP contribution in [0.5, 0.6) is 11.5 Å². The van der Waals surface area contributed by atoms with E-state index < -0.39 is 0 Å². The van der Waals surface area contributed by atoms with E-state index in [-0.39, 0.29) is 0 Å². The first kappa shape index (κ1) is 18.0. The minimum absolute atomic E-state index is 0.299. The van der Waals surface area contributed by atoms with Crippen LogP contribution < -0.4 is 24.2 Å². The maximum absolute atomic E-state index is 5.90. The Morgan fingerprint density at radius 2 is 1.34 bits per heavy atom. The molecule has 29 heavy (non-hydrogen) atoms. The molecule has 5 rings (SSSR count). The van der Waals surface area contributed by atoms with Crippen molar-refractivity contribution in [2.24, 2.45) is 0 Å². The number of ether oxygens (including phenoxy) is 2. The Hall–Kier alpha value is -3.09. The normalized spacial score (nSPS) is 16.3. The summed E-state index contributed by atoms with van der Waals surface area (Å²) < 4.78 is 11.0. The van der Waals surface area contributed by atoms with Crippen molar-refractivity contribution < 1.29 is 14.4 Å². The highest BCUT2D eigenvalue weighted by atomic mass is 32.1. The van der Waals surface area contributed by atoms with E-state index >= 15 is 0 Å². The van der Waals surface area contributed by atoms with Crippen LogP contribution in [0.1, 0.15) is 5.56 Å². The molecular weight excluding hydrogens is 382 g/mol. The van der Waals surface area contributed by atoms with E-state index in [1.165, 1.54) is 10.5 Å². The topological polar surface area (TPSA) is 29.4 Å². The van der Waals surface area contributed by atoms with Crippen molar-refractivity contribution in [3.8, 4) is 11.5 Å². The predicted octanol–water partition coefficient (Wildman–Crippen LogP) is 3.03. The highest BCUT2D eigenvalue weighted by molar-refractivity contribution is 7.80. The van der Waals surface area contributed by atoms with Crippen LogP contribution in [0, 0.1) is 0 Å². The molecule has 0 bridgehead atoms. The number of rotatable bonds is 4. The Balaban J connectivity index is 1.44. The Labute approximate surface area is 175 Å². The molecule has 2 aliphatic rings. The van der Waals surface area contributed by atoms with Gasteiger partial charge in [0.1, 0.15) is 6.54 Å². The summed E-state index contributed by atoms with van der Waals surface area (Å²) in [6.07, 6.45) is 0. The maximum atomic E-state index is 5.90. The molecule has 3 aromatic rings. The molecule has 0 aromatic heterocycles. The number of hydrogen-bond acceptors (Lipinski definition) is 3. The molecule has 0 radical (unpaired) electrons. The smallest absolute Gasteiger partial charge is 0.231 e. The van der Waals surface area contributed by atoms with Crippen LogP contribution in [0.2, 0.25) is 0 Å². The van der Waals surface area contributed by atoms with Crippen molar-refractivity contribution in [1.82, 2.24) is 0 Å². The first-order valence-corrected chi connectivity index (χ1v) is 10.1. The number of nitrogens with one attached hydrogen (secondary N) is 1. The number of thiocarbonyl (C=S) groups is 1. The fourth-order valence-electron chi connectivity index (χ4n) is 3.85. The molecule has 0 unspecified atom stereocenters. The van der Waals surface area contributed by atoms with Gasteiger partial charge in [-0.15, -0.1) is 0 Å². The number of nitrogens with zero attached hydrogens (tertiary/aromatic N) is 2. The van der Waals surface area contributed by atoms with Crippen molar-refractivity contribution in [3.05, 3.63) is 84.4 Å². The zero-order valence-corrected chi connectivity index (χ0v) is 16.8. The second-order valence-electron chi connectivity index (χ2n) is 7.24. The Morgan fingerprint density at radius 3 is 1.97 bits per heavy atom. The number of fused-ring (bicyclic) bond motifs is 1. The fraction of sp³-hybridized carbons (Fsp3) is 0.174. The van der Waals surface area contributed by atoms with Gasteiger partial charge in [-0.3, -0.25) is 14.7 Å². The van der Waals surface area contributed by atoms with E-state index in [1.807, 2.05) is 18.2 Å². The van der Waals surface area contributed by atoms with Crippen LogP contribution in [-0.2, 0) is 6.54 Å². The van der Waals surface area contributed by atoms with Crippen LogP contribution in [0.4, 0.5) is 11.4 Å². The van der Waals surface area contributed by atoms with E-state index in [2.05, 4.69) is 70.5 Å². The molecule has 146 valence electrons. The number of anilines is 2. The van der Waals surface area contributed by atoms with Crippen LogP contribution in [-0.4, -0.2) is 25.2 Å². The van der Waals surface area contributed by atoms with Gasteiger partial charge < -0.3 is 9.47 Å². The largest absolute Gasteiger partial charge is 0.454 e. The molecule has 2 aliphatic heterocycles. The van der Waals surface area contributed by atoms with Gasteiger partial charge in [-0.25, -0.2) is 0 Å². The molecule has 2 heterocycles. The molecule has 1 saturated heterocycles. The lowest BCUT2D eigenvalue weighted by Crippen LogP contribution is -3.16. The first-order chi connectivity index (χ1) is 14.3. The monoisotopic (exact) mass is 404 g/mol. The van der Waals surface area contributed by atoms with Crippen molar-refractivity contribution in [1.29, 1.82) is 0 Å². The third-order valence-corrected chi connectivity index (χ3v) is 5.69. The second kappa shape index (κ2) is 7.73. The van der Waals surface area contributed by atoms with Crippen molar-refractivity contribution in [2.45, 2.75) is 6.54 Å². The molecular formula is C23H22N3O2S+. The first-order valence-electron chi connectivity index (χ1n) is 9.69. The lowest BCUT2D eigenvalue weighted by atomic mass is 10.2. The number of quaternary nitrogens is 1. The highest BCUT2D eigenvalue weighted by Gasteiger charge is 2.32. The van der Waals surface area contributed by atoms with Crippen LogP contribution >= 0.6 is 12.2 Å². The quantitative estimate of drug-likeness (QED) is 0.676. The van der Waals surface area contributed by atoms with E-state index in [1.54, 1.807) is 0 Å². The summed E-state index contributed by atoms with van der Waals surface area (Å²) in [5.74, 6) is 1.65. The van der Waals surface area contributed by atoms with Crippen LogP contribution in [0.3, 0.4) is 0 Å². The number of benzene rings is 3. The summed E-state index contributed by atoms with van der Waals surface area (Å²) in [6.45, 7) is 2.78. The van der Waals surface area contributed by atoms with E-state index in [0.717, 1.165) is 47.9 Å². The highest BCUT2D eigenvalue weighted by Crippen LogP contribution is 2.32. The third kappa shape index (κ3) is 3.64. The predicted molar refractivity (Wildman–Crippen MR) is 117 cm³/mol. The zero-order valence-electron chi connectivity index (χ0n) is 16.0. The average Bonchev–Trinajstić information content (AvgIpc) is 3.24. The summed E-state index contributed by atoms with van der Waals surface area (Å²) in [6, 6.07) is 26.9. The maximum Gasteiger partial charge on any atom is 0.231 e. The summed E-state index contributed by atoms with van der Waals surface area (Å²) >= 11 is 5.90. The van der Waals surface area contributed by atoms with Gasteiger partial charge >= 0.3 is 0 Å². The molecule has 0 amide bonds. The van der Waals surface area contributed by atoms with Crippen LogP contribution in [0.25, 0.3) is 0 Å².